The third-order valence-corrected chi connectivity index (χ3v) is 7.03. The monoisotopic (exact) mass is 512 g/mol. The predicted octanol–water partition coefficient (Wildman–Crippen LogP) is 4.05. The van der Waals surface area contributed by atoms with Gasteiger partial charge >= 0.3 is 0 Å². The Balaban J connectivity index is 1.45. The zero-order valence-electron chi connectivity index (χ0n) is 21.2. The van der Waals surface area contributed by atoms with Crippen molar-refractivity contribution in [3.05, 3.63) is 66.2 Å². The van der Waals surface area contributed by atoms with Crippen LogP contribution in [0.15, 0.2) is 54.9 Å². The number of fused-ring (bicyclic) bond motifs is 2. The Bertz CT molecular complexity index is 1610. The number of piperazine rings is 1. The molecular formula is C28H29FN8O. The van der Waals surface area contributed by atoms with E-state index in [4.69, 9.17) is 15.8 Å². The first kappa shape index (κ1) is 24.1. The van der Waals surface area contributed by atoms with Crippen LogP contribution in [0, 0.1) is 5.82 Å². The van der Waals surface area contributed by atoms with Crippen molar-refractivity contribution in [3.8, 4) is 17.0 Å². The van der Waals surface area contributed by atoms with E-state index in [1.807, 2.05) is 18.2 Å². The van der Waals surface area contributed by atoms with E-state index in [-0.39, 0.29) is 11.6 Å². The molecule has 4 heterocycles. The number of hydrogen-bond donors (Lipinski definition) is 2. The van der Waals surface area contributed by atoms with Crippen molar-refractivity contribution in [2.45, 2.75) is 19.9 Å². The summed E-state index contributed by atoms with van der Waals surface area (Å²) in [5.41, 5.74) is 9.54. The van der Waals surface area contributed by atoms with E-state index in [0.29, 0.717) is 28.8 Å². The summed E-state index contributed by atoms with van der Waals surface area (Å²) >= 11 is 0. The number of aromatic hydroxyl groups is 1. The van der Waals surface area contributed by atoms with Gasteiger partial charge < -0.3 is 15.7 Å². The number of nitrogen functional groups attached to an aromatic ring is 1. The Morgan fingerprint density at radius 1 is 1.03 bits per heavy atom. The fourth-order valence-electron chi connectivity index (χ4n) is 5.25. The number of anilines is 2. The molecule has 3 aromatic heterocycles. The number of para-hydroxylation sites is 1. The summed E-state index contributed by atoms with van der Waals surface area (Å²) in [6, 6.07) is 14.1. The van der Waals surface area contributed by atoms with Gasteiger partial charge in [-0.2, -0.15) is 5.10 Å². The maximum atomic E-state index is 14.2. The van der Waals surface area contributed by atoms with Crippen LogP contribution in [-0.2, 0) is 6.54 Å². The summed E-state index contributed by atoms with van der Waals surface area (Å²) in [4.78, 5) is 18.5. The molecule has 9 nitrogen and oxygen atoms in total. The van der Waals surface area contributed by atoms with Crippen LogP contribution < -0.4 is 10.6 Å². The summed E-state index contributed by atoms with van der Waals surface area (Å²) in [6.07, 6.45) is 2.54. The van der Waals surface area contributed by atoms with Crippen molar-refractivity contribution < 1.29 is 9.50 Å². The van der Waals surface area contributed by atoms with Gasteiger partial charge in [0.1, 0.15) is 35.2 Å². The van der Waals surface area contributed by atoms with Gasteiger partial charge in [0.2, 0.25) is 0 Å². The molecule has 1 saturated heterocycles. The molecule has 10 heteroatoms. The van der Waals surface area contributed by atoms with Crippen molar-refractivity contribution in [1.82, 2.24) is 29.6 Å². The normalized spacial score (nSPS) is 14.5. The minimum absolute atomic E-state index is 0.193. The van der Waals surface area contributed by atoms with E-state index in [9.17, 15) is 9.50 Å². The molecule has 0 atom stereocenters. The molecule has 0 radical (unpaired) electrons. The highest BCUT2D eigenvalue weighted by Crippen LogP contribution is 2.34. The summed E-state index contributed by atoms with van der Waals surface area (Å²) in [5, 5.41) is 16.4. The van der Waals surface area contributed by atoms with E-state index in [0.717, 1.165) is 67.5 Å². The van der Waals surface area contributed by atoms with E-state index in [2.05, 4.69) is 38.8 Å². The highest BCUT2D eigenvalue weighted by Gasteiger charge is 2.23. The summed E-state index contributed by atoms with van der Waals surface area (Å²) in [7, 11) is 0. The molecule has 0 bridgehead atoms. The maximum Gasteiger partial charge on any atom is 0.164 e. The van der Waals surface area contributed by atoms with Gasteiger partial charge in [0.25, 0.3) is 0 Å². The van der Waals surface area contributed by atoms with Gasteiger partial charge in [-0.25, -0.2) is 24.0 Å². The van der Waals surface area contributed by atoms with E-state index < -0.39 is 5.82 Å². The van der Waals surface area contributed by atoms with Crippen LogP contribution in [0.3, 0.4) is 0 Å². The summed E-state index contributed by atoms with van der Waals surface area (Å²) < 4.78 is 15.9. The first-order valence-electron chi connectivity index (χ1n) is 12.8. The minimum atomic E-state index is -0.568. The third-order valence-electron chi connectivity index (χ3n) is 7.03. The van der Waals surface area contributed by atoms with Crippen molar-refractivity contribution in [2.75, 3.05) is 43.4 Å². The smallest absolute Gasteiger partial charge is 0.164 e. The number of nitrogens with two attached hydrogens (primary N) is 1. The molecule has 0 unspecified atom stereocenters. The van der Waals surface area contributed by atoms with Gasteiger partial charge in [-0.3, -0.25) is 4.90 Å². The molecule has 194 valence electrons. The van der Waals surface area contributed by atoms with Crippen molar-refractivity contribution in [2.24, 2.45) is 0 Å². The molecule has 5 aromatic rings. The number of phenolic OH excluding ortho intramolecular Hbond substituents is 1. The van der Waals surface area contributed by atoms with E-state index >= 15 is 0 Å². The molecule has 38 heavy (non-hydrogen) atoms. The average Bonchev–Trinajstić information content (AvgIpc) is 3.28. The predicted molar refractivity (Wildman–Crippen MR) is 147 cm³/mol. The number of nitrogens with zero attached hydrogens (tertiary/aromatic N) is 7. The Morgan fingerprint density at radius 2 is 1.84 bits per heavy atom. The number of rotatable bonds is 6. The van der Waals surface area contributed by atoms with Gasteiger partial charge in [0.15, 0.2) is 5.65 Å². The van der Waals surface area contributed by atoms with Gasteiger partial charge in [0.05, 0.1) is 17.4 Å². The van der Waals surface area contributed by atoms with E-state index in [1.54, 1.807) is 4.68 Å². The van der Waals surface area contributed by atoms with Crippen LogP contribution in [-0.4, -0.2) is 67.5 Å². The van der Waals surface area contributed by atoms with Gasteiger partial charge in [-0.1, -0.05) is 25.1 Å². The average molecular weight is 513 g/mol. The standard InChI is InChI=1S/C28H29FN8O/c1-2-7-35-8-10-36(11-9-35)27-20(12-18-5-3-4-6-23(18)33-27)16-37-28-24(26(30)31-17-32-28)25(34-37)19-13-21(29)15-22(38)14-19/h3-6,12-15,17,38H,2,7-11,16H2,1H3,(H2,30,31,32). The topological polar surface area (TPSA) is 109 Å². The quantitative estimate of drug-likeness (QED) is 0.351. The molecule has 1 fully saturated rings. The Hall–Kier alpha value is -4.31. The van der Waals surface area contributed by atoms with Crippen molar-refractivity contribution in [3.63, 3.8) is 0 Å². The number of hydrogen-bond acceptors (Lipinski definition) is 8. The first-order valence-corrected chi connectivity index (χ1v) is 12.8. The number of pyridine rings is 1. The molecule has 0 aliphatic carbocycles. The summed E-state index contributed by atoms with van der Waals surface area (Å²) in [6.45, 7) is 7.45. The number of phenols is 1. The highest BCUT2D eigenvalue weighted by atomic mass is 19.1. The second kappa shape index (κ2) is 9.86. The lowest BCUT2D eigenvalue weighted by molar-refractivity contribution is 0.258. The van der Waals surface area contributed by atoms with Crippen LogP contribution >= 0.6 is 0 Å². The second-order valence-electron chi connectivity index (χ2n) is 9.65. The third kappa shape index (κ3) is 4.47. The van der Waals surface area contributed by atoms with Crippen LogP contribution in [0.4, 0.5) is 16.0 Å². The maximum absolute atomic E-state index is 14.2. The van der Waals surface area contributed by atoms with Crippen molar-refractivity contribution in [1.29, 1.82) is 0 Å². The number of halogens is 1. The Morgan fingerprint density at radius 3 is 2.63 bits per heavy atom. The molecule has 1 aliphatic heterocycles. The lowest BCUT2D eigenvalue weighted by Gasteiger charge is -2.36. The van der Waals surface area contributed by atoms with Gasteiger partial charge in [0, 0.05) is 48.8 Å². The van der Waals surface area contributed by atoms with Crippen LogP contribution in [0.25, 0.3) is 33.2 Å². The Labute approximate surface area is 219 Å². The lowest BCUT2D eigenvalue weighted by atomic mass is 10.1. The summed E-state index contributed by atoms with van der Waals surface area (Å²) in [5.74, 6) is 0.405. The zero-order chi connectivity index (χ0) is 26.2. The Kier molecular flexibility index (Phi) is 6.24. The molecule has 3 N–H and O–H groups in total. The zero-order valence-corrected chi connectivity index (χ0v) is 21.2. The molecule has 1 aliphatic rings. The van der Waals surface area contributed by atoms with Crippen LogP contribution in [0.1, 0.15) is 18.9 Å². The fourth-order valence-corrected chi connectivity index (χ4v) is 5.25. The van der Waals surface area contributed by atoms with Gasteiger partial charge in [-0.15, -0.1) is 0 Å². The minimum Gasteiger partial charge on any atom is -0.508 e. The highest BCUT2D eigenvalue weighted by molar-refractivity contribution is 5.98. The number of benzene rings is 2. The van der Waals surface area contributed by atoms with Crippen LogP contribution in [0.5, 0.6) is 5.75 Å². The molecule has 0 saturated carbocycles. The van der Waals surface area contributed by atoms with Gasteiger partial charge in [-0.05, 0) is 37.2 Å². The van der Waals surface area contributed by atoms with Crippen LogP contribution in [0.2, 0.25) is 0 Å². The fraction of sp³-hybridized carbons (Fsp3) is 0.286. The first-order chi connectivity index (χ1) is 18.5. The lowest BCUT2D eigenvalue weighted by Crippen LogP contribution is -2.47. The molecular weight excluding hydrogens is 483 g/mol. The molecule has 2 aromatic carbocycles. The molecule has 0 spiro atoms. The number of aromatic nitrogens is 5. The van der Waals surface area contributed by atoms with Crippen molar-refractivity contribution >= 4 is 33.6 Å². The largest absolute Gasteiger partial charge is 0.508 e. The molecule has 0 amide bonds. The molecule has 6 rings (SSSR count). The SMILES string of the molecule is CCCN1CCN(c2nc3ccccc3cc2Cn2nc(-c3cc(O)cc(F)c3)c3c(N)ncnc32)CC1. The second-order valence-corrected chi connectivity index (χ2v) is 9.65. The van der Waals surface area contributed by atoms with E-state index in [1.165, 1.54) is 18.5 Å².